The van der Waals surface area contributed by atoms with Crippen molar-refractivity contribution in [2.45, 2.75) is 26.4 Å². The van der Waals surface area contributed by atoms with Gasteiger partial charge in [-0.25, -0.2) is 0 Å². The summed E-state index contributed by atoms with van der Waals surface area (Å²) in [7, 11) is 3.39. The van der Waals surface area contributed by atoms with E-state index in [0.29, 0.717) is 19.0 Å². The van der Waals surface area contributed by atoms with Crippen LogP contribution in [-0.4, -0.2) is 39.9 Å². The molecule has 0 bridgehead atoms. The van der Waals surface area contributed by atoms with Gasteiger partial charge in [-0.1, -0.05) is 30.3 Å². The van der Waals surface area contributed by atoms with Gasteiger partial charge in [-0.3, -0.25) is 4.99 Å². The molecule has 0 atom stereocenters. The van der Waals surface area contributed by atoms with Gasteiger partial charge in [0.1, 0.15) is 0 Å². The molecule has 0 saturated carbocycles. The van der Waals surface area contributed by atoms with Gasteiger partial charge in [0.05, 0.1) is 20.3 Å². The number of nitrogens with one attached hydrogen (secondary N) is 2. The minimum atomic E-state index is 0. The van der Waals surface area contributed by atoms with Crippen molar-refractivity contribution in [2.24, 2.45) is 4.99 Å². The average Bonchev–Trinajstić information content (AvgIpc) is 2.74. The third kappa shape index (κ3) is 9.36. The number of guanidine groups is 1. The first-order valence-corrected chi connectivity index (χ1v) is 9.67. The molecule has 0 amide bonds. The molecule has 0 spiro atoms. The second-order valence-corrected chi connectivity index (χ2v) is 6.17. The van der Waals surface area contributed by atoms with Crippen molar-refractivity contribution >= 4 is 35.6 Å². The summed E-state index contributed by atoms with van der Waals surface area (Å²) in [6, 6.07) is 16.0. The zero-order valence-electron chi connectivity index (χ0n) is 17.4. The Bertz CT molecular complexity index is 726. The molecule has 7 heteroatoms. The summed E-state index contributed by atoms with van der Waals surface area (Å²) >= 11 is 0. The molecule has 0 heterocycles. The van der Waals surface area contributed by atoms with Crippen LogP contribution >= 0.6 is 24.0 Å². The minimum absolute atomic E-state index is 0. The summed E-state index contributed by atoms with van der Waals surface area (Å²) in [6.45, 7) is 4.78. The second kappa shape index (κ2) is 14.9. The molecular weight excluding hydrogens is 481 g/mol. The molecule has 160 valence electrons. The van der Waals surface area contributed by atoms with Gasteiger partial charge in [0.15, 0.2) is 17.5 Å². The molecule has 2 N–H and O–H groups in total. The highest BCUT2D eigenvalue weighted by atomic mass is 127. The summed E-state index contributed by atoms with van der Waals surface area (Å²) in [4.78, 5) is 4.26. The van der Waals surface area contributed by atoms with E-state index >= 15 is 0 Å². The first-order valence-electron chi connectivity index (χ1n) is 9.67. The monoisotopic (exact) mass is 513 g/mol. The standard InChI is InChI=1S/C22H31N3O3.HI/c1-4-28-20-13-12-19(16-21(20)26-3)25-22(23-2)24-14-8-9-15-27-17-18-10-6-5-7-11-18;/h5-7,10-13,16H,4,8-9,14-15,17H2,1-3H3,(H2,23,24,25);1H. The zero-order chi connectivity index (χ0) is 20.0. The van der Waals surface area contributed by atoms with Crippen LogP contribution in [0.4, 0.5) is 5.69 Å². The van der Waals surface area contributed by atoms with Gasteiger partial charge in [0, 0.05) is 32.0 Å². The van der Waals surface area contributed by atoms with E-state index in [1.54, 1.807) is 14.2 Å². The van der Waals surface area contributed by atoms with Crippen molar-refractivity contribution < 1.29 is 14.2 Å². The number of aliphatic imine (C=N–C) groups is 1. The number of halogens is 1. The average molecular weight is 513 g/mol. The molecule has 2 rings (SSSR count). The van der Waals surface area contributed by atoms with E-state index < -0.39 is 0 Å². The van der Waals surface area contributed by atoms with Gasteiger partial charge in [-0.2, -0.15) is 0 Å². The summed E-state index contributed by atoms with van der Waals surface area (Å²) < 4.78 is 16.6. The Balaban J connectivity index is 0.00000420. The number of methoxy groups -OCH3 is 1. The third-order valence-electron chi connectivity index (χ3n) is 4.07. The Morgan fingerprint density at radius 1 is 1.03 bits per heavy atom. The SMILES string of the molecule is CCOc1ccc(NC(=NC)NCCCCOCc2ccccc2)cc1OC.I. The molecular formula is C22H32IN3O3. The van der Waals surface area contributed by atoms with Gasteiger partial charge in [-0.15, -0.1) is 24.0 Å². The molecule has 2 aromatic carbocycles. The van der Waals surface area contributed by atoms with Crippen molar-refractivity contribution in [1.29, 1.82) is 0 Å². The van der Waals surface area contributed by atoms with Gasteiger partial charge < -0.3 is 24.8 Å². The first-order chi connectivity index (χ1) is 13.8. The molecule has 0 aromatic heterocycles. The quantitative estimate of drug-likeness (QED) is 0.198. The summed E-state index contributed by atoms with van der Waals surface area (Å²) in [6.07, 6.45) is 2.00. The fourth-order valence-electron chi connectivity index (χ4n) is 2.64. The number of nitrogens with zero attached hydrogens (tertiary/aromatic N) is 1. The van der Waals surface area contributed by atoms with Crippen LogP contribution in [0, 0.1) is 0 Å². The molecule has 29 heavy (non-hydrogen) atoms. The predicted octanol–water partition coefficient (Wildman–Crippen LogP) is 4.70. The smallest absolute Gasteiger partial charge is 0.195 e. The maximum absolute atomic E-state index is 5.71. The van der Waals surface area contributed by atoms with Crippen LogP contribution < -0.4 is 20.1 Å². The molecule has 0 radical (unpaired) electrons. The number of benzene rings is 2. The van der Waals surface area contributed by atoms with Crippen LogP contribution in [-0.2, 0) is 11.3 Å². The van der Waals surface area contributed by atoms with Crippen LogP contribution in [0.5, 0.6) is 11.5 Å². The van der Waals surface area contributed by atoms with Crippen LogP contribution in [0.3, 0.4) is 0 Å². The van der Waals surface area contributed by atoms with Crippen LogP contribution in [0.25, 0.3) is 0 Å². The molecule has 0 saturated heterocycles. The molecule has 2 aromatic rings. The van der Waals surface area contributed by atoms with Crippen molar-refractivity contribution in [3.8, 4) is 11.5 Å². The highest BCUT2D eigenvalue weighted by molar-refractivity contribution is 14.0. The Morgan fingerprint density at radius 3 is 2.52 bits per heavy atom. The Morgan fingerprint density at radius 2 is 1.83 bits per heavy atom. The first kappa shape index (κ1) is 25.0. The lowest BCUT2D eigenvalue weighted by Gasteiger charge is -2.14. The van der Waals surface area contributed by atoms with Crippen molar-refractivity contribution in [3.63, 3.8) is 0 Å². The van der Waals surface area contributed by atoms with Crippen LogP contribution in [0.1, 0.15) is 25.3 Å². The van der Waals surface area contributed by atoms with Crippen molar-refractivity contribution in [1.82, 2.24) is 5.32 Å². The zero-order valence-corrected chi connectivity index (χ0v) is 19.8. The predicted molar refractivity (Wildman–Crippen MR) is 130 cm³/mol. The van der Waals surface area contributed by atoms with Gasteiger partial charge in [0.2, 0.25) is 0 Å². The summed E-state index contributed by atoms with van der Waals surface area (Å²) in [5, 5.41) is 6.58. The second-order valence-electron chi connectivity index (χ2n) is 6.17. The highest BCUT2D eigenvalue weighted by Crippen LogP contribution is 2.30. The van der Waals surface area contributed by atoms with E-state index in [4.69, 9.17) is 14.2 Å². The van der Waals surface area contributed by atoms with Gasteiger partial charge in [-0.05, 0) is 37.5 Å². The molecule has 0 unspecified atom stereocenters. The molecule has 0 aliphatic carbocycles. The Kier molecular flexibility index (Phi) is 12.9. The normalized spacial score (nSPS) is 10.8. The number of hydrogen-bond acceptors (Lipinski definition) is 4. The molecule has 0 aliphatic heterocycles. The molecule has 0 fully saturated rings. The van der Waals surface area contributed by atoms with E-state index in [-0.39, 0.29) is 24.0 Å². The lowest BCUT2D eigenvalue weighted by molar-refractivity contribution is 0.117. The third-order valence-corrected chi connectivity index (χ3v) is 4.07. The lowest BCUT2D eigenvalue weighted by Crippen LogP contribution is -2.31. The van der Waals surface area contributed by atoms with Crippen molar-refractivity contribution in [2.75, 3.05) is 39.2 Å². The number of anilines is 1. The fraction of sp³-hybridized carbons (Fsp3) is 0.409. The minimum Gasteiger partial charge on any atom is -0.493 e. The van der Waals surface area contributed by atoms with Crippen molar-refractivity contribution in [3.05, 3.63) is 54.1 Å². The Labute approximate surface area is 191 Å². The van der Waals surface area contributed by atoms with Gasteiger partial charge >= 0.3 is 0 Å². The van der Waals surface area contributed by atoms with E-state index in [0.717, 1.165) is 43.4 Å². The molecule has 6 nitrogen and oxygen atoms in total. The van der Waals surface area contributed by atoms with E-state index in [1.807, 2.05) is 43.3 Å². The highest BCUT2D eigenvalue weighted by Gasteiger charge is 2.06. The largest absolute Gasteiger partial charge is 0.493 e. The van der Waals surface area contributed by atoms with Gasteiger partial charge in [0.25, 0.3) is 0 Å². The number of ether oxygens (including phenoxy) is 3. The van der Waals surface area contributed by atoms with E-state index in [1.165, 1.54) is 5.56 Å². The van der Waals surface area contributed by atoms with E-state index in [2.05, 4.69) is 27.8 Å². The van der Waals surface area contributed by atoms with Crippen LogP contribution in [0.2, 0.25) is 0 Å². The van der Waals surface area contributed by atoms with E-state index in [9.17, 15) is 0 Å². The number of rotatable bonds is 11. The topological polar surface area (TPSA) is 64.1 Å². The molecule has 0 aliphatic rings. The number of unbranched alkanes of at least 4 members (excludes halogenated alkanes) is 1. The summed E-state index contributed by atoms with van der Waals surface area (Å²) in [5.74, 6) is 2.14. The maximum atomic E-state index is 5.71. The maximum Gasteiger partial charge on any atom is 0.195 e. The fourth-order valence-corrected chi connectivity index (χ4v) is 2.64. The number of hydrogen-bond donors (Lipinski definition) is 2. The summed E-state index contributed by atoms with van der Waals surface area (Å²) in [5.41, 5.74) is 2.09. The van der Waals surface area contributed by atoms with Crippen LogP contribution in [0.15, 0.2) is 53.5 Å². The Hall–Kier alpha value is -2.00. The lowest BCUT2D eigenvalue weighted by atomic mass is 10.2.